The summed E-state index contributed by atoms with van der Waals surface area (Å²) in [6.45, 7) is 2.06. The molecule has 0 spiro atoms. The molecule has 246 valence electrons. The molecule has 0 aliphatic carbocycles. The molecule has 4 aromatic heterocycles. The van der Waals surface area contributed by atoms with Gasteiger partial charge in [-0.05, 0) is 71.6 Å². The maximum atomic E-state index is 12.8. The number of nitrogen functional groups attached to an aromatic ring is 2. The van der Waals surface area contributed by atoms with Crippen LogP contribution >= 0.6 is 22.7 Å². The van der Waals surface area contributed by atoms with E-state index in [0.717, 1.165) is 44.6 Å². The van der Waals surface area contributed by atoms with Gasteiger partial charge >= 0.3 is 0 Å². The Labute approximate surface area is 289 Å². The van der Waals surface area contributed by atoms with Gasteiger partial charge in [0.1, 0.15) is 0 Å². The Morgan fingerprint density at radius 1 is 0.776 bits per heavy atom. The summed E-state index contributed by atoms with van der Waals surface area (Å²) in [6, 6.07) is 24.9. The van der Waals surface area contributed by atoms with E-state index < -0.39 is 0 Å². The molecule has 0 fully saturated rings. The van der Waals surface area contributed by atoms with Gasteiger partial charge in [-0.15, -0.1) is 22.7 Å². The summed E-state index contributed by atoms with van der Waals surface area (Å²) in [6.07, 6.45) is 4.12. The summed E-state index contributed by atoms with van der Waals surface area (Å²) < 4.78 is 10.6. The highest BCUT2D eigenvalue weighted by molar-refractivity contribution is 7.17. The van der Waals surface area contributed by atoms with Crippen LogP contribution in [-0.2, 0) is 19.5 Å². The lowest BCUT2D eigenvalue weighted by molar-refractivity contribution is 0.0739. The van der Waals surface area contributed by atoms with Crippen molar-refractivity contribution < 1.29 is 19.1 Å². The van der Waals surface area contributed by atoms with E-state index >= 15 is 0 Å². The number of carbonyl (C=O) groups is 2. The lowest BCUT2D eigenvalue weighted by Crippen LogP contribution is -2.35. The van der Waals surface area contributed by atoms with Gasteiger partial charge in [0.2, 0.25) is 18.7 Å². The van der Waals surface area contributed by atoms with Crippen molar-refractivity contribution in [1.82, 2.24) is 30.2 Å². The fourth-order valence-electron chi connectivity index (χ4n) is 5.36. The molecule has 2 amide bonds. The topological polar surface area (TPSA) is 171 Å². The fourth-order valence-corrected chi connectivity index (χ4v) is 7.19. The number of hydrogen-bond donors (Lipinski definition) is 3. The first-order chi connectivity index (χ1) is 23.9. The van der Waals surface area contributed by atoms with Crippen molar-refractivity contribution in [3.8, 4) is 32.6 Å². The molecule has 12 nitrogen and oxygen atoms in total. The van der Waals surface area contributed by atoms with Crippen LogP contribution in [0.3, 0.4) is 0 Å². The predicted octanol–water partition coefficient (Wildman–Crippen LogP) is 5.43. The lowest BCUT2D eigenvalue weighted by atomic mass is 10.00. The number of anilines is 2. The summed E-state index contributed by atoms with van der Waals surface area (Å²) in [4.78, 5) is 46.3. The number of nitrogens with two attached hydrogens (primary N) is 2. The Hall–Kier alpha value is -5.86. The Morgan fingerprint density at radius 2 is 1.43 bits per heavy atom. The van der Waals surface area contributed by atoms with Gasteiger partial charge in [0.15, 0.2) is 11.5 Å². The number of aromatic nitrogens is 4. The minimum atomic E-state index is -0.143. The molecule has 0 atom stereocenters. The van der Waals surface area contributed by atoms with Crippen molar-refractivity contribution in [2.45, 2.75) is 19.5 Å². The molecule has 14 heteroatoms. The number of fused-ring (bicyclic) bond motifs is 2. The molecule has 0 saturated carbocycles. The van der Waals surface area contributed by atoms with Crippen molar-refractivity contribution in [3.63, 3.8) is 0 Å². The average molecular weight is 691 g/mol. The Kier molecular flexibility index (Phi) is 9.12. The Bertz CT molecular complexity index is 2150. The van der Waals surface area contributed by atoms with E-state index in [4.69, 9.17) is 20.9 Å². The van der Waals surface area contributed by atoms with E-state index in [2.05, 4.69) is 43.5 Å². The van der Waals surface area contributed by atoms with Crippen LogP contribution in [0.25, 0.3) is 21.1 Å². The number of carbonyl (C=O) groups excluding carboxylic acids is 2. The Balaban J connectivity index is 0.000000154. The smallest absolute Gasteiger partial charge is 0.264 e. The number of benzene rings is 2. The highest BCUT2D eigenvalue weighted by Crippen LogP contribution is 2.33. The van der Waals surface area contributed by atoms with Crippen LogP contribution in [0.2, 0.25) is 0 Å². The third kappa shape index (κ3) is 7.35. The van der Waals surface area contributed by atoms with E-state index in [9.17, 15) is 9.59 Å². The highest BCUT2D eigenvalue weighted by atomic mass is 32.1. The quantitative estimate of drug-likeness (QED) is 0.205. The number of nitrogens with zero attached hydrogens (tertiary/aromatic N) is 5. The summed E-state index contributed by atoms with van der Waals surface area (Å²) in [7, 11) is 0. The van der Waals surface area contributed by atoms with E-state index in [1.54, 1.807) is 30.6 Å². The molecule has 2 aliphatic heterocycles. The number of amides is 2. The zero-order chi connectivity index (χ0) is 33.7. The minimum absolute atomic E-state index is 0.0720. The molecular weight excluding hydrogens is 661 g/mol. The zero-order valence-corrected chi connectivity index (χ0v) is 27.7. The standard InChI is InChI=1S/C18H16N4OS.C17H14N4O3S/c19-18-20-9-7-14(21-18)15-5-6-16(24-15)17(23)22-10-8-12-3-1-2-4-13(12)11-22;18-17-19-6-5-11(21-17)14-3-4-15(25-14)16(22)20-8-10-1-2-12-13(7-10)24-9-23-12/h1-7,9H,8,10-11H2,(H2,19,20,21);1-7H,8-9H2,(H,20,22)(H2,18,19,21). The van der Waals surface area contributed by atoms with Crippen LogP contribution in [0.5, 0.6) is 11.5 Å². The monoisotopic (exact) mass is 690 g/mol. The van der Waals surface area contributed by atoms with E-state index in [1.807, 2.05) is 47.4 Å². The maximum absolute atomic E-state index is 12.8. The third-order valence-corrected chi connectivity index (χ3v) is 10.0. The average Bonchev–Trinajstić information content (AvgIpc) is 3.92. The second-order valence-electron chi connectivity index (χ2n) is 11.0. The molecule has 8 rings (SSSR count). The van der Waals surface area contributed by atoms with Gasteiger partial charge in [0.05, 0.1) is 30.9 Å². The van der Waals surface area contributed by atoms with Gasteiger partial charge in [-0.2, -0.15) is 0 Å². The molecule has 2 aromatic carbocycles. The van der Waals surface area contributed by atoms with Crippen molar-refractivity contribution in [3.05, 3.63) is 118 Å². The molecular formula is C35H30N8O4S2. The van der Waals surface area contributed by atoms with Crippen molar-refractivity contribution in [1.29, 1.82) is 0 Å². The minimum Gasteiger partial charge on any atom is -0.454 e. The molecule has 5 N–H and O–H groups in total. The number of ether oxygens (including phenoxy) is 2. The SMILES string of the molecule is Nc1nccc(-c2ccc(C(=O)N3CCc4ccccc4C3)s2)n1.Nc1nccc(-c2ccc(C(=O)NCc3ccc4c(c3)OCO4)s2)n1. The molecule has 0 unspecified atom stereocenters. The lowest BCUT2D eigenvalue weighted by Gasteiger charge is -2.28. The normalized spacial score (nSPS) is 12.9. The second-order valence-corrected chi connectivity index (χ2v) is 13.2. The largest absolute Gasteiger partial charge is 0.454 e. The molecule has 49 heavy (non-hydrogen) atoms. The van der Waals surface area contributed by atoms with Gasteiger partial charge in [0, 0.05) is 32.0 Å². The summed E-state index contributed by atoms with van der Waals surface area (Å²) in [5, 5.41) is 2.90. The first-order valence-corrected chi connectivity index (χ1v) is 16.9. The van der Waals surface area contributed by atoms with Gasteiger partial charge in [-0.25, -0.2) is 19.9 Å². The van der Waals surface area contributed by atoms with Crippen molar-refractivity contribution in [2.75, 3.05) is 24.8 Å². The Morgan fingerprint density at radius 3 is 2.14 bits per heavy atom. The van der Waals surface area contributed by atoms with Crippen LogP contribution in [-0.4, -0.2) is 50.0 Å². The van der Waals surface area contributed by atoms with Crippen molar-refractivity contribution in [2.24, 2.45) is 0 Å². The van der Waals surface area contributed by atoms with Gasteiger partial charge in [-0.3, -0.25) is 9.59 Å². The zero-order valence-electron chi connectivity index (χ0n) is 26.0. The first kappa shape index (κ1) is 31.7. The number of thiophene rings is 2. The molecule has 0 saturated heterocycles. The molecule has 0 radical (unpaired) electrons. The molecule has 6 heterocycles. The first-order valence-electron chi connectivity index (χ1n) is 15.3. The fraction of sp³-hybridized carbons (Fsp3) is 0.143. The van der Waals surface area contributed by atoms with Gasteiger partial charge in [0.25, 0.3) is 11.8 Å². The van der Waals surface area contributed by atoms with E-state index in [0.29, 0.717) is 29.4 Å². The second kappa shape index (κ2) is 14.1. The number of hydrogen-bond acceptors (Lipinski definition) is 12. The van der Waals surface area contributed by atoms with Crippen LogP contribution in [0.1, 0.15) is 36.0 Å². The third-order valence-electron chi connectivity index (χ3n) is 7.81. The van der Waals surface area contributed by atoms with Gasteiger partial charge in [-0.1, -0.05) is 30.3 Å². The van der Waals surface area contributed by atoms with Crippen LogP contribution in [0, 0.1) is 0 Å². The van der Waals surface area contributed by atoms with E-state index in [-0.39, 0.29) is 30.5 Å². The van der Waals surface area contributed by atoms with Crippen LogP contribution in [0.4, 0.5) is 11.9 Å². The number of nitrogens with one attached hydrogen (secondary N) is 1. The molecule has 0 bridgehead atoms. The van der Waals surface area contributed by atoms with Crippen LogP contribution in [0.15, 0.2) is 91.3 Å². The highest BCUT2D eigenvalue weighted by Gasteiger charge is 2.23. The molecule has 2 aliphatic rings. The van der Waals surface area contributed by atoms with Crippen molar-refractivity contribution >= 4 is 46.4 Å². The van der Waals surface area contributed by atoms with Crippen LogP contribution < -0.4 is 26.3 Å². The summed E-state index contributed by atoms with van der Waals surface area (Å²) in [5.74, 6) is 1.80. The molecule has 6 aromatic rings. The van der Waals surface area contributed by atoms with Gasteiger partial charge < -0.3 is 31.2 Å². The number of rotatable bonds is 6. The predicted molar refractivity (Wildman–Crippen MR) is 188 cm³/mol. The van der Waals surface area contributed by atoms with E-state index in [1.165, 1.54) is 33.8 Å². The maximum Gasteiger partial charge on any atom is 0.264 e. The summed E-state index contributed by atoms with van der Waals surface area (Å²) in [5.41, 5.74) is 16.2. The summed E-state index contributed by atoms with van der Waals surface area (Å²) >= 11 is 2.80.